The summed E-state index contributed by atoms with van der Waals surface area (Å²) in [6.45, 7) is 4.11. The molecule has 0 saturated carbocycles. The Labute approximate surface area is 118 Å². The zero-order valence-corrected chi connectivity index (χ0v) is 12.0. The molecule has 0 unspecified atom stereocenters. The van der Waals surface area contributed by atoms with E-state index >= 15 is 0 Å². The first-order valence-electron chi connectivity index (χ1n) is 6.63. The summed E-state index contributed by atoms with van der Waals surface area (Å²) in [5.74, 6) is 0.683. The smallest absolute Gasteiger partial charge is 0.212 e. The summed E-state index contributed by atoms with van der Waals surface area (Å²) in [7, 11) is 1.57. The first-order chi connectivity index (χ1) is 9.58. The Morgan fingerprint density at radius 1 is 1.30 bits per heavy atom. The van der Waals surface area contributed by atoms with Crippen LogP contribution in [0.4, 0.5) is 0 Å². The lowest BCUT2D eigenvalue weighted by molar-refractivity contribution is -0.117. The summed E-state index contributed by atoms with van der Waals surface area (Å²) >= 11 is 0. The van der Waals surface area contributed by atoms with E-state index in [-0.39, 0.29) is 5.78 Å². The third-order valence-electron chi connectivity index (χ3n) is 2.98. The molecule has 5 heteroatoms. The number of ether oxygens (including phenoxy) is 1. The van der Waals surface area contributed by atoms with Gasteiger partial charge in [-0.25, -0.2) is 4.98 Å². The van der Waals surface area contributed by atoms with Crippen LogP contribution in [-0.2, 0) is 17.6 Å². The predicted octanol–water partition coefficient (Wildman–Crippen LogP) is 2.22. The van der Waals surface area contributed by atoms with Gasteiger partial charge in [0.05, 0.1) is 19.2 Å². The fourth-order valence-corrected chi connectivity index (χ4v) is 1.89. The van der Waals surface area contributed by atoms with Crippen molar-refractivity contribution in [2.24, 2.45) is 0 Å². The van der Waals surface area contributed by atoms with Crippen molar-refractivity contribution in [1.82, 2.24) is 14.8 Å². The molecule has 0 aliphatic carbocycles. The zero-order chi connectivity index (χ0) is 14.5. The minimum absolute atomic E-state index is 0.131. The number of carbonyl (C=O) groups excluding carboxylic acids is 1. The van der Waals surface area contributed by atoms with Crippen molar-refractivity contribution in [3.8, 4) is 5.88 Å². The van der Waals surface area contributed by atoms with Gasteiger partial charge < -0.3 is 4.74 Å². The Kier molecular flexibility index (Phi) is 4.50. The van der Waals surface area contributed by atoms with Crippen LogP contribution >= 0.6 is 0 Å². The minimum Gasteiger partial charge on any atom is -0.481 e. The maximum atomic E-state index is 12.0. The van der Waals surface area contributed by atoms with Crippen molar-refractivity contribution >= 4 is 5.78 Å². The fourth-order valence-electron chi connectivity index (χ4n) is 1.89. The van der Waals surface area contributed by atoms with Gasteiger partial charge in [0.2, 0.25) is 5.88 Å². The highest BCUT2D eigenvalue weighted by Crippen LogP contribution is 2.09. The van der Waals surface area contributed by atoms with Gasteiger partial charge in [0.15, 0.2) is 0 Å². The molecule has 2 rings (SSSR count). The van der Waals surface area contributed by atoms with Crippen LogP contribution in [-0.4, -0.2) is 27.7 Å². The molecular weight excluding hydrogens is 254 g/mol. The maximum Gasteiger partial charge on any atom is 0.212 e. The van der Waals surface area contributed by atoms with Gasteiger partial charge in [-0.3, -0.25) is 9.48 Å². The molecule has 2 heterocycles. The number of ketones is 1. The minimum atomic E-state index is 0.131. The van der Waals surface area contributed by atoms with E-state index in [0.717, 1.165) is 11.3 Å². The molecular formula is C15H19N3O2. The molecule has 0 aliphatic heterocycles. The van der Waals surface area contributed by atoms with E-state index in [0.29, 0.717) is 24.8 Å². The number of hydrogen-bond acceptors (Lipinski definition) is 4. The number of aromatic nitrogens is 3. The van der Waals surface area contributed by atoms with E-state index in [4.69, 9.17) is 4.74 Å². The highest BCUT2D eigenvalue weighted by molar-refractivity contribution is 5.82. The SMILES string of the molecule is COc1ccc(CC(=O)Cc2ccn(C(C)C)n2)cn1. The van der Waals surface area contributed by atoms with Crippen LogP contribution in [0.3, 0.4) is 0 Å². The molecule has 0 atom stereocenters. The molecule has 2 aromatic rings. The molecule has 106 valence electrons. The molecule has 0 fully saturated rings. The number of carbonyl (C=O) groups is 1. The summed E-state index contributed by atoms with van der Waals surface area (Å²) in [5, 5.41) is 4.38. The standard InChI is InChI=1S/C15H19N3O2/c1-11(2)18-7-6-13(17-18)9-14(19)8-12-4-5-15(20-3)16-10-12/h4-7,10-11H,8-9H2,1-3H3. The van der Waals surface area contributed by atoms with Crippen molar-refractivity contribution in [3.63, 3.8) is 0 Å². The van der Waals surface area contributed by atoms with Gasteiger partial charge in [-0.2, -0.15) is 5.10 Å². The lowest BCUT2D eigenvalue weighted by Gasteiger charge is -2.04. The number of nitrogens with zero attached hydrogens (tertiary/aromatic N) is 3. The zero-order valence-electron chi connectivity index (χ0n) is 12.0. The first-order valence-corrected chi connectivity index (χ1v) is 6.63. The molecule has 0 spiro atoms. The normalized spacial score (nSPS) is 10.8. The number of methoxy groups -OCH3 is 1. The monoisotopic (exact) mass is 273 g/mol. The number of pyridine rings is 1. The van der Waals surface area contributed by atoms with E-state index in [1.807, 2.05) is 23.0 Å². The fraction of sp³-hybridized carbons (Fsp3) is 0.400. The van der Waals surface area contributed by atoms with Gasteiger partial charge in [-0.1, -0.05) is 6.07 Å². The highest BCUT2D eigenvalue weighted by atomic mass is 16.5. The van der Waals surface area contributed by atoms with Crippen LogP contribution in [0.5, 0.6) is 5.88 Å². The van der Waals surface area contributed by atoms with Crippen LogP contribution in [0.25, 0.3) is 0 Å². The Balaban J connectivity index is 1.93. The van der Waals surface area contributed by atoms with E-state index in [1.165, 1.54) is 0 Å². The third-order valence-corrected chi connectivity index (χ3v) is 2.98. The quantitative estimate of drug-likeness (QED) is 0.809. The van der Waals surface area contributed by atoms with Crippen molar-refractivity contribution < 1.29 is 9.53 Å². The maximum absolute atomic E-state index is 12.0. The molecule has 0 N–H and O–H groups in total. The second kappa shape index (κ2) is 6.32. The van der Waals surface area contributed by atoms with Crippen LogP contribution < -0.4 is 4.74 Å². The van der Waals surface area contributed by atoms with E-state index in [9.17, 15) is 4.79 Å². The largest absolute Gasteiger partial charge is 0.481 e. The van der Waals surface area contributed by atoms with Crippen molar-refractivity contribution in [2.45, 2.75) is 32.7 Å². The van der Waals surface area contributed by atoms with E-state index in [2.05, 4.69) is 23.9 Å². The molecule has 5 nitrogen and oxygen atoms in total. The molecule has 0 aliphatic rings. The average Bonchev–Trinajstić information content (AvgIpc) is 2.88. The van der Waals surface area contributed by atoms with Crippen molar-refractivity contribution in [2.75, 3.05) is 7.11 Å². The highest BCUT2D eigenvalue weighted by Gasteiger charge is 2.09. The molecule has 20 heavy (non-hydrogen) atoms. The van der Waals surface area contributed by atoms with Gasteiger partial charge in [-0.05, 0) is 25.5 Å². The summed E-state index contributed by atoms with van der Waals surface area (Å²) in [5.41, 5.74) is 1.70. The molecule has 0 amide bonds. The molecule has 0 radical (unpaired) electrons. The first kappa shape index (κ1) is 14.2. The van der Waals surface area contributed by atoms with Gasteiger partial charge in [0, 0.05) is 30.9 Å². The Bertz CT molecular complexity index is 573. The lowest BCUT2D eigenvalue weighted by atomic mass is 10.1. The van der Waals surface area contributed by atoms with Crippen molar-refractivity contribution in [3.05, 3.63) is 41.9 Å². The Morgan fingerprint density at radius 3 is 2.65 bits per heavy atom. The van der Waals surface area contributed by atoms with E-state index in [1.54, 1.807) is 19.4 Å². The molecule has 0 saturated heterocycles. The summed E-state index contributed by atoms with van der Waals surface area (Å²) < 4.78 is 6.84. The second-order valence-corrected chi connectivity index (χ2v) is 4.98. The number of hydrogen-bond donors (Lipinski definition) is 0. The number of rotatable bonds is 6. The Morgan fingerprint density at radius 2 is 2.10 bits per heavy atom. The third kappa shape index (κ3) is 3.66. The summed E-state index contributed by atoms with van der Waals surface area (Å²) in [6.07, 6.45) is 4.29. The predicted molar refractivity (Wildman–Crippen MR) is 75.8 cm³/mol. The van der Waals surface area contributed by atoms with Gasteiger partial charge >= 0.3 is 0 Å². The van der Waals surface area contributed by atoms with Gasteiger partial charge in [-0.15, -0.1) is 0 Å². The van der Waals surface area contributed by atoms with Gasteiger partial charge in [0.1, 0.15) is 5.78 Å². The topological polar surface area (TPSA) is 57.0 Å². The van der Waals surface area contributed by atoms with E-state index < -0.39 is 0 Å². The van der Waals surface area contributed by atoms with Crippen LogP contribution in [0.15, 0.2) is 30.6 Å². The van der Waals surface area contributed by atoms with Crippen LogP contribution in [0.2, 0.25) is 0 Å². The van der Waals surface area contributed by atoms with Crippen LogP contribution in [0.1, 0.15) is 31.1 Å². The molecule has 0 aromatic carbocycles. The summed E-state index contributed by atoms with van der Waals surface area (Å²) in [6, 6.07) is 5.82. The van der Waals surface area contributed by atoms with Crippen LogP contribution in [0, 0.1) is 0 Å². The second-order valence-electron chi connectivity index (χ2n) is 4.98. The lowest BCUT2D eigenvalue weighted by Crippen LogP contribution is -2.09. The van der Waals surface area contributed by atoms with Crippen molar-refractivity contribution in [1.29, 1.82) is 0 Å². The molecule has 0 bridgehead atoms. The molecule has 2 aromatic heterocycles. The van der Waals surface area contributed by atoms with Gasteiger partial charge in [0.25, 0.3) is 0 Å². The summed E-state index contributed by atoms with van der Waals surface area (Å²) in [4.78, 5) is 16.1. The number of Topliss-reactive ketones (excluding diaryl/α,β-unsaturated/α-hetero) is 1. The average molecular weight is 273 g/mol. The Hall–Kier alpha value is -2.17.